The SMILES string of the molecule is CC(C)CCOCCC(C)(N)C1CC1. The number of rotatable bonds is 7. The summed E-state index contributed by atoms with van der Waals surface area (Å²) in [6.07, 6.45) is 4.80. The van der Waals surface area contributed by atoms with Crippen molar-refractivity contribution in [1.29, 1.82) is 0 Å². The Morgan fingerprint density at radius 2 is 2.00 bits per heavy atom. The highest BCUT2D eigenvalue weighted by molar-refractivity contribution is 4.94. The zero-order valence-corrected chi connectivity index (χ0v) is 9.88. The van der Waals surface area contributed by atoms with Crippen LogP contribution >= 0.6 is 0 Å². The summed E-state index contributed by atoms with van der Waals surface area (Å²) in [4.78, 5) is 0. The second kappa shape index (κ2) is 5.13. The molecule has 1 unspecified atom stereocenters. The molecule has 1 rings (SSSR count). The third kappa shape index (κ3) is 4.43. The first-order chi connectivity index (χ1) is 6.52. The van der Waals surface area contributed by atoms with Gasteiger partial charge in [-0.05, 0) is 44.4 Å². The van der Waals surface area contributed by atoms with E-state index in [2.05, 4.69) is 20.8 Å². The highest BCUT2D eigenvalue weighted by atomic mass is 16.5. The van der Waals surface area contributed by atoms with Crippen LogP contribution in [-0.2, 0) is 4.74 Å². The second-order valence-corrected chi connectivity index (χ2v) is 5.32. The average molecular weight is 199 g/mol. The standard InChI is InChI=1S/C12H25NO/c1-10(2)6-8-14-9-7-12(3,13)11-4-5-11/h10-11H,4-9,13H2,1-3H3. The summed E-state index contributed by atoms with van der Waals surface area (Å²) in [6.45, 7) is 8.33. The van der Waals surface area contributed by atoms with Gasteiger partial charge < -0.3 is 10.5 Å². The van der Waals surface area contributed by atoms with Crippen LogP contribution < -0.4 is 5.73 Å². The molecule has 0 bridgehead atoms. The molecule has 0 amide bonds. The van der Waals surface area contributed by atoms with Crippen LogP contribution in [0.15, 0.2) is 0 Å². The maximum atomic E-state index is 6.18. The lowest BCUT2D eigenvalue weighted by Crippen LogP contribution is -2.39. The van der Waals surface area contributed by atoms with Gasteiger partial charge in [0.25, 0.3) is 0 Å². The lowest BCUT2D eigenvalue weighted by atomic mass is 9.94. The predicted octanol–water partition coefficient (Wildman–Crippen LogP) is 2.57. The van der Waals surface area contributed by atoms with Gasteiger partial charge in [-0.15, -0.1) is 0 Å². The van der Waals surface area contributed by atoms with E-state index in [9.17, 15) is 0 Å². The Hall–Kier alpha value is -0.0800. The molecule has 0 radical (unpaired) electrons. The maximum Gasteiger partial charge on any atom is 0.0483 e. The van der Waals surface area contributed by atoms with Crippen molar-refractivity contribution in [2.45, 2.75) is 52.0 Å². The molecule has 1 fully saturated rings. The lowest BCUT2D eigenvalue weighted by Gasteiger charge is -2.24. The molecule has 0 aromatic carbocycles. The van der Waals surface area contributed by atoms with Crippen molar-refractivity contribution in [1.82, 2.24) is 0 Å². The molecule has 0 heterocycles. The number of hydrogen-bond acceptors (Lipinski definition) is 2. The molecule has 0 aromatic heterocycles. The van der Waals surface area contributed by atoms with E-state index in [-0.39, 0.29) is 5.54 Å². The molecular weight excluding hydrogens is 174 g/mol. The smallest absolute Gasteiger partial charge is 0.0483 e. The van der Waals surface area contributed by atoms with Crippen LogP contribution in [-0.4, -0.2) is 18.8 Å². The Bertz CT molecular complexity index is 162. The van der Waals surface area contributed by atoms with Gasteiger partial charge in [-0.1, -0.05) is 13.8 Å². The molecule has 1 atom stereocenters. The first-order valence-electron chi connectivity index (χ1n) is 5.89. The summed E-state index contributed by atoms with van der Waals surface area (Å²) in [5.41, 5.74) is 6.21. The van der Waals surface area contributed by atoms with Crippen molar-refractivity contribution in [2.75, 3.05) is 13.2 Å². The zero-order valence-electron chi connectivity index (χ0n) is 9.88. The molecule has 0 saturated heterocycles. The van der Waals surface area contributed by atoms with Crippen molar-refractivity contribution in [3.8, 4) is 0 Å². The molecule has 0 spiro atoms. The molecule has 1 aliphatic rings. The molecule has 1 aliphatic carbocycles. The van der Waals surface area contributed by atoms with E-state index in [4.69, 9.17) is 10.5 Å². The van der Waals surface area contributed by atoms with Crippen molar-refractivity contribution in [3.05, 3.63) is 0 Å². The number of ether oxygens (including phenoxy) is 1. The van der Waals surface area contributed by atoms with E-state index in [0.717, 1.165) is 37.9 Å². The minimum atomic E-state index is 0.0256. The third-order valence-corrected chi connectivity index (χ3v) is 3.13. The highest BCUT2D eigenvalue weighted by Gasteiger charge is 2.37. The first kappa shape index (κ1) is 12.0. The third-order valence-electron chi connectivity index (χ3n) is 3.13. The van der Waals surface area contributed by atoms with Crippen molar-refractivity contribution < 1.29 is 4.74 Å². The van der Waals surface area contributed by atoms with Crippen LogP contribution in [0, 0.1) is 11.8 Å². The largest absolute Gasteiger partial charge is 0.381 e. The fourth-order valence-corrected chi connectivity index (χ4v) is 1.66. The molecule has 0 aromatic rings. The van der Waals surface area contributed by atoms with Crippen LogP contribution in [0.3, 0.4) is 0 Å². The van der Waals surface area contributed by atoms with Crippen molar-refractivity contribution in [2.24, 2.45) is 17.6 Å². The van der Waals surface area contributed by atoms with Gasteiger partial charge >= 0.3 is 0 Å². The van der Waals surface area contributed by atoms with Gasteiger partial charge in [-0.3, -0.25) is 0 Å². The fourth-order valence-electron chi connectivity index (χ4n) is 1.66. The van der Waals surface area contributed by atoms with Gasteiger partial charge in [0.2, 0.25) is 0 Å². The fraction of sp³-hybridized carbons (Fsp3) is 1.00. The highest BCUT2D eigenvalue weighted by Crippen LogP contribution is 2.39. The van der Waals surface area contributed by atoms with Gasteiger partial charge in [-0.2, -0.15) is 0 Å². The molecule has 2 N–H and O–H groups in total. The first-order valence-corrected chi connectivity index (χ1v) is 5.89. The quantitative estimate of drug-likeness (QED) is 0.640. The van der Waals surface area contributed by atoms with Crippen molar-refractivity contribution >= 4 is 0 Å². The maximum absolute atomic E-state index is 6.18. The van der Waals surface area contributed by atoms with E-state index in [1.807, 2.05) is 0 Å². The van der Waals surface area contributed by atoms with Gasteiger partial charge in [0, 0.05) is 18.8 Å². The summed E-state index contributed by atoms with van der Waals surface area (Å²) < 4.78 is 5.58. The topological polar surface area (TPSA) is 35.2 Å². The molecule has 14 heavy (non-hydrogen) atoms. The second-order valence-electron chi connectivity index (χ2n) is 5.32. The lowest BCUT2D eigenvalue weighted by molar-refractivity contribution is 0.104. The summed E-state index contributed by atoms with van der Waals surface area (Å²) in [5, 5.41) is 0. The molecule has 1 saturated carbocycles. The Morgan fingerprint density at radius 1 is 1.36 bits per heavy atom. The summed E-state index contributed by atoms with van der Waals surface area (Å²) >= 11 is 0. The molecule has 0 aliphatic heterocycles. The Kier molecular flexibility index (Phi) is 4.39. The van der Waals surface area contributed by atoms with Gasteiger partial charge in [0.05, 0.1) is 0 Å². The van der Waals surface area contributed by atoms with Crippen LogP contribution in [0.2, 0.25) is 0 Å². The zero-order chi connectivity index (χ0) is 10.6. The minimum Gasteiger partial charge on any atom is -0.381 e. The van der Waals surface area contributed by atoms with Crippen LogP contribution in [0.1, 0.15) is 46.5 Å². The summed E-state index contributed by atoms with van der Waals surface area (Å²) in [5.74, 6) is 1.50. The van der Waals surface area contributed by atoms with E-state index >= 15 is 0 Å². The Morgan fingerprint density at radius 3 is 2.50 bits per heavy atom. The van der Waals surface area contributed by atoms with Gasteiger partial charge in [-0.25, -0.2) is 0 Å². The predicted molar refractivity (Wildman–Crippen MR) is 60.2 cm³/mol. The molecule has 84 valence electrons. The minimum absolute atomic E-state index is 0.0256. The van der Waals surface area contributed by atoms with Gasteiger partial charge in [0.1, 0.15) is 0 Å². The molecule has 2 heteroatoms. The summed E-state index contributed by atoms with van der Waals surface area (Å²) in [7, 11) is 0. The normalized spacial score (nSPS) is 21.2. The van der Waals surface area contributed by atoms with E-state index in [1.54, 1.807) is 0 Å². The monoisotopic (exact) mass is 199 g/mol. The van der Waals surface area contributed by atoms with Crippen LogP contribution in [0.25, 0.3) is 0 Å². The van der Waals surface area contributed by atoms with E-state index in [1.165, 1.54) is 12.8 Å². The van der Waals surface area contributed by atoms with E-state index < -0.39 is 0 Å². The van der Waals surface area contributed by atoms with Crippen molar-refractivity contribution in [3.63, 3.8) is 0 Å². The van der Waals surface area contributed by atoms with Crippen LogP contribution in [0.5, 0.6) is 0 Å². The number of nitrogens with two attached hydrogens (primary N) is 1. The Labute approximate surface area is 88.2 Å². The average Bonchev–Trinajstić information content (AvgIpc) is 2.84. The summed E-state index contributed by atoms with van der Waals surface area (Å²) in [6, 6.07) is 0. The molecule has 2 nitrogen and oxygen atoms in total. The number of hydrogen-bond donors (Lipinski definition) is 1. The van der Waals surface area contributed by atoms with E-state index in [0.29, 0.717) is 0 Å². The van der Waals surface area contributed by atoms with Gasteiger partial charge in [0.15, 0.2) is 0 Å². The molecular formula is C12H25NO. The van der Waals surface area contributed by atoms with Crippen LogP contribution in [0.4, 0.5) is 0 Å². The Balaban J connectivity index is 1.97.